The van der Waals surface area contributed by atoms with Gasteiger partial charge in [0.15, 0.2) is 0 Å². The molecule has 0 N–H and O–H groups in total. The first-order chi connectivity index (χ1) is 4.88. The average molecular weight is 139 g/mol. The van der Waals surface area contributed by atoms with E-state index in [4.69, 9.17) is 4.74 Å². The molecule has 0 atom stereocenters. The molecule has 0 aliphatic rings. The first kappa shape index (κ1) is 7.12. The van der Waals surface area contributed by atoms with Crippen molar-refractivity contribution in [3.05, 3.63) is 12.3 Å². The van der Waals surface area contributed by atoms with Crippen molar-refractivity contribution in [2.75, 3.05) is 7.11 Å². The predicted molar refractivity (Wildman–Crippen MR) is 37.9 cm³/mol. The fraction of sp³-hybridized carbons (Fsp3) is 0.571. The maximum Gasteiger partial charge on any atom is 0.212 e. The normalized spacial score (nSPS) is 9.80. The van der Waals surface area contributed by atoms with Crippen molar-refractivity contribution in [1.29, 1.82) is 0 Å². The molecule has 0 aliphatic carbocycles. The number of nitrogens with zero attached hydrogens (tertiary/aromatic N) is 2. The number of aryl methyl sites for hydroxylation is 1. The van der Waals surface area contributed by atoms with Gasteiger partial charge in [-0.1, -0.05) is 6.92 Å². The van der Waals surface area contributed by atoms with Crippen LogP contribution in [0.15, 0.2) is 6.07 Å². The van der Waals surface area contributed by atoms with Crippen LogP contribution in [0.25, 0.3) is 0 Å². The monoisotopic (exact) mass is 139 g/mol. The van der Waals surface area contributed by atoms with Gasteiger partial charge in [-0.2, -0.15) is 5.10 Å². The summed E-state index contributed by atoms with van der Waals surface area (Å²) in [6, 6.07) is 1.73. The van der Waals surface area contributed by atoms with Gasteiger partial charge < -0.3 is 4.74 Å². The van der Waals surface area contributed by atoms with Gasteiger partial charge in [-0.05, 0) is 6.42 Å². The number of methoxy groups -OCH3 is 1. The molecular weight excluding hydrogens is 128 g/mol. The minimum absolute atomic E-state index is 0.779. The summed E-state index contributed by atoms with van der Waals surface area (Å²) in [5, 5.41) is 3.94. The molecule has 0 bridgehead atoms. The van der Waals surface area contributed by atoms with Crippen molar-refractivity contribution in [2.24, 2.45) is 0 Å². The summed E-state index contributed by atoms with van der Waals surface area (Å²) >= 11 is 0. The largest absolute Gasteiger partial charge is 0.481 e. The van der Waals surface area contributed by atoms with Gasteiger partial charge in [-0.25, -0.2) is 4.68 Å². The lowest BCUT2D eigenvalue weighted by Crippen LogP contribution is -2.01. The second-order valence-electron chi connectivity index (χ2n) is 2.04. The molecule has 1 radical (unpaired) electrons. The third-order valence-corrected chi connectivity index (χ3v) is 1.27. The average Bonchev–Trinajstić information content (AvgIpc) is 2.36. The Bertz CT molecular complexity index is 195. The summed E-state index contributed by atoms with van der Waals surface area (Å²) in [6.45, 7) is 2.99. The van der Waals surface area contributed by atoms with Crippen molar-refractivity contribution in [3.8, 4) is 5.88 Å². The number of aromatic nitrogens is 2. The van der Waals surface area contributed by atoms with Gasteiger partial charge in [0.2, 0.25) is 5.88 Å². The van der Waals surface area contributed by atoms with Crippen LogP contribution in [0, 0.1) is 6.20 Å². The van der Waals surface area contributed by atoms with Crippen LogP contribution >= 0.6 is 0 Å². The Morgan fingerprint density at radius 2 is 2.60 bits per heavy atom. The highest BCUT2D eigenvalue weighted by atomic mass is 16.5. The molecule has 1 aromatic rings. The molecule has 55 valence electrons. The van der Waals surface area contributed by atoms with Crippen molar-refractivity contribution in [2.45, 2.75) is 19.9 Å². The van der Waals surface area contributed by atoms with E-state index >= 15 is 0 Å². The molecular formula is C7H11N2O. The maximum atomic E-state index is 5.01. The molecule has 0 saturated carbocycles. The number of hydrogen-bond acceptors (Lipinski definition) is 2. The van der Waals surface area contributed by atoms with Crippen molar-refractivity contribution < 1.29 is 4.74 Å². The highest BCUT2D eigenvalue weighted by Gasteiger charge is 1.98. The number of rotatable bonds is 3. The Morgan fingerprint density at radius 1 is 1.80 bits per heavy atom. The quantitative estimate of drug-likeness (QED) is 0.627. The lowest BCUT2D eigenvalue weighted by atomic mass is 10.5. The Hall–Kier alpha value is -0.990. The lowest BCUT2D eigenvalue weighted by molar-refractivity contribution is 0.359. The SMILES string of the molecule is CCCn1n[c]cc1OC. The van der Waals surface area contributed by atoms with E-state index in [9.17, 15) is 0 Å². The fourth-order valence-corrected chi connectivity index (χ4v) is 0.814. The molecule has 0 aromatic carbocycles. The van der Waals surface area contributed by atoms with Gasteiger partial charge in [-0.3, -0.25) is 0 Å². The smallest absolute Gasteiger partial charge is 0.212 e. The summed E-state index contributed by atoms with van der Waals surface area (Å²) in [4.78, 5) is 0. The minimum atomic E-state index is 0.779. The van der Waals surface area contributed by atoms with Crippen LogP contribution in [0.3, 0.4) is 0 Å². The van der Waals surface area contributed by atoms with Crippen LogP contribution in [0.2, 0.25) is 0 Å². The highest BCUT2D eigenvalue weighted by Crippen LogP contribution is 2.07. The predicted octanol–water partition coefficient (Wildman–Crippen LogP) is 1.10. The summed E-state index contributed by atoms with van der Waals surface area (Å²) in [7, 11) is 1.64. The third kappa shape index (κ3) is 1.29. The molecule has 1 aromatic heterocycles. The Kier molecular flexibility index (Phi) is 2.31. The van der Waals surface area contributed by atoms with E-state index in [-0.39, 0.29) is 0 Å². The Morgan fingerprint density at radius 3 is 3.20 bits per heavy atom. The molecule has 1 heterocycles. The van der Waals surface area contributed by atoms with Gasteiger partial charge in [0.25, 0.3) is 0 Å². The molecule has 10 heavy (non-hydrogen) atoms. The minimum Gasteiger partial charge on any atom is -0.481 e. The molecule has 0 aliphatic heterocycles. The van der Waals surface area contributed by atoms with Crippen LogP contribution in [-0.2, 0) is 6.54 Å². The van der Waals surface area contributed by atoms with Gasteiger partial charge in [0.1, 0.15) is 6.20 Å². The number of hydrogen-bond donors (Lipinski definition) is 0. The molecule has 0 amide bonds. The molecule has 0 unspecified atom stereocenters. The summed E-state index contributed by atoms with van der Waals surface area (Å²) in [5.74, 6) is 0.779. The first-order valence-corrected chi connectivity index (χ1v) is 3.36. The first-order valence-electron chi connectivity index (χ1n) is 3.36. The zero-order chi connectivity index (χ0) is 7.40. The number of ether oxygens (including phenoxy) is 1. The molecule has 3 nitrogen and oxygen atoms in total. The van der Waals surface area contributed by atoms with Gasteiger partial charge in [0, 0.05) is 12.6 Å². The summed E-state index contributed by atoms with van der Waals surface area (Å²) < 4.78 is 6.80. The van der Waals surface area contributed by atoms with Gasteiger partial charge in [0.05, 0.1) is 7.11 Å². The van der Waals surface area contributed by atoms with Gasteiger partial charge in [-0.15, -0.1) is 0 Å². The van der Waals surface area contributed by atoms with E-state index in [0.29, 0.717) is 0 Å². The zero-order valence-electron chi connectivity index (χ0n) is 6.29. The third-order valence-electron chi connectivity index (χ3n) is 1.27. The van der Waals surface area contributed by atoms with Crippen LogP contribution < -0.4 is 4.74 Å². The van der Waals surface area contributed by atoms with E-state index in [2.05, 4.69) is 18.2 Å². The standard InChI is InChI=1S/C7H11N2O/c1-3-6-9-7(10-2)4-5-8-9/h4H,3,6H2,1-2H3. The topological polar surface area (TPSA) is 27.1 Å². The molecule has 0 spiro atoms. The van der Waals surface area contributed by atoms with Crippen molar-refractivity contribution >= 4 is 0 Å². The van der Waals surface area contributed by atoms with Crippen LogP contribution in [0.4, 0.5) is 0 Å². The van der Waals surface area contributed by atoms with Crippen molar-refractivity contribution in [3.63, 3.8) is 0 Å². The lowest BCUT2D eigenvalue weighted by Gasteiger charge is -2.02. The summed E-state index contributed by atoms with van der Waals surface area (Å²) in [5.41, 5.74) is 0. The second kappa shape index (κ2) is 3.25. The van der Waals surface area contributed by atoms with E-state index in [0.717, 1.165) is 18.8 Å². The van der Waals surface area contributed by atoms with Gasteiger partial charge >= 0.3 is 0 Å². The molecule has 0 saturated heterocycles. The van der Waals surface area contributed by atoms with Crippen molar-refractivity contribution in [1.82, 2.24) is 9.78 Å². The van der Waals surface area contributed by atoms with E-state index < -0.39 is 0 Å². The van der Waals surface area contributed by atoms with E-state index in [1.807, 2.05) is 0 Å². The second-order valence-corrected chi connectivity index (χ2v) is 2.04. The van der Waals surface area contributed by atoms with Crippen LogP contribution in [-0.4, -0.2) is 16.9 Å². The molecule has 0 fully saturated rings. The Labute approximate surface area is 60.6 Å². The fourth-order valence-electron chi connectivity index (χ4n) is 0.814. The molecule has 1 rings (SSSR count). The molecule has 3 heteroatoms. The van der Waals surface area contributed by atoms with E-state index in [1.54, 1.807) is 17.9 Å². The Balaban J connectivity index is 2.70. The maximum absolute atomic E-state index is 5.01. The van der Waals surface area contributed by atoms with Crippen LogP contribution in [0.5, 0.6) is 5.88 Å². The summed E-state index contributed by atoms with van der Waals surface area (Å²) in [6.07, 6.45) is 3.78. The highest BCUT2D eigenvalue weighted by molar-refractivity contribution is 5.05. The van der Waals surface area contributed by atoms with Crippen LogP contribution in [0.1, 0.15) is 13.3 Å². The van der Waals surface area contributed by atoms with E-state index in [1.165, 1.54) is 0 Å². The zero-order valence-corrected chi connectivity index (χ0v) is 6.29.